The number of para-hydroxylation sites is 1. The highest BCUT2D eigenvalue weighted by molar-refractivity contribution is 6.31. The van der Waals surface area contributed by atoms with Crippen LogP contribution >= 0.6 is 11.6 Å². The summed E-state index contributed by atoms with van der Waals surface area (Å²) in [5.41, 5.74) is 2.66. The first-order chi connectivity index (χ1) is 10.5. The van der Waals surface area contributed by atoms with E-state index in [1.807, 2.05) is 57.2 Å². The number of hydrogen-bond donors (Lipinski definition) is 1. The highest BCUT2D eigenvalue weighted by atomic mass is 35.5. The zero-order chi connectivity index (χ0) is 16.1. The van der Waals surface area contributed by atoms with E-state index >= 15 is 0 Å². The van der Waals surface area contributed by atoms with Crippen molar-refractivity contribution in [2.45, 2.75) is 33.3 Å². The van der Waals surface area contributed by atoms with Gasteiger partial charge >= 0.3 is 0 Å². The molecule has 0 unspecified atom stereocenters. The van der Waals surface area contributed by atoms with E-state index in [-0.39, 0.29) is 5.91 Å². The lowest BCUT2D eigenvalue weighted by Crippen LogP contribution is -2.32. The summed E-state index contributed by atoms with van der Waals surface area (Å²) in [6, 6.07) is 13.1. The first-order valence-corrected chi connectivity index (χ1v) is 7.68. The highest BCUT2D eigenvalue weighted by Crippen LogP contribution is 2.22. The van der Waals surface area contributed by atoms with Crippen LogP contribution < -0.4 is 10.1 Å². The normalized spacial score (nSPS) is 11.8. The molecule has 0 spiro atoms. The molecule has 0 bridgehead atoms. The summed E-state index contributed by atoms with van der Waals surface area (Å²) in [5.74, 6) is 0.553. The Bertz CT molecular complexity index is 670. The number of rotatable bonds is 5. The minimum atomic E-state index is -0.541. The Morgan fingerprint density at radius 1 is 1.18 bits per heavy atom. The molecule has 3 nitrogen and oxygen atoms in total. The molecule has 0 fully saturated rings. The summed E-state index contributed by atoms with van der Waals surface area (Å²) in [6.45, 7) is 5.80. The van der Waals surface area contributed by atoms with Gasteiger partial charge in [0.25, 0.3) is 5.91 Å². The monoisotopic (exact) mass is 317 g/mol. The molecule has 1 N–H and O–H groups in total. The Kier molecular flexibility index (Phi) is 5.45. The van der Waals surface area contributed by atoms with Gasteiger partial charge in [-0.25, -0.2) is 0 Å². The van der Waals surface area contributed by atoms with Crippen LogP contribution in [-0.2, 0) is 4.79 Å². The molecule has 22 heavy (non-hydrogen) atoms. The number of nitrogens with one attached hydrogen (secondary N) is 1. The van der Waals surface area contributed by atoms with Crippen molar-refractivity contribution in [3.8, 4) is 5.75 Å². The van der Waals surface area contributed by atoms with Crippen molar-refractivity contribution in [2.75, 3.05) is 5.32 Å². The third-order valence-electron chi connectivity index (χ3n) is 3.47. The fourth-order valence-electron chi connectivity index (χ4n) is 2.06. The quantitative estimate of drug-likeness (QED) is 0.864. The Hall–Kier alpha value is -2.00. The Morgan fingerprint density at radius 3 is 2.55 bits per heavy atom. The molecule has 0 heterocycles. The SMILES string of the molecule is CC[C@H](Oc1ccccc1C)C(=O)Nc1ccc(C)c(Cl)c1. The first-order valence-electron chi connectivity index (χ1n) is 7.30. The van der Waals surface area contributed by atoms with Gasteiger partial charge in [-0.15, -0.1) is 0 Å². The molecule has 0 radical (unpaired) electrons. The lowest BCUT2D eigenvalue weighted by Gasteiger charge is -2.18. The van der Waals surface area contributed by atoms with Crippen molar-refractivity contribution in [3.05, 3.63) is 58.6 Å². The third kappa shape index (κ3) is 4.01. The van der Waals surface area contributed by atoms with Crippen molar-refractivity contribution in [3.63, 3.8) is 0 Å². The van der Waals surface area contributed by atoms with E-state index in [0.29, 0.717) is 17.1 Å². The van der Waals surface area contributed by atoms with Crippen molar-refractivity contribution in [1.82, 2.24) is 0 Å². The van der Waals surface area contributed by atoms with E-state index in [1.54, 1.807) is 6.07 Å². The molecule has 0 aliphatic heterocycles. The maximum absolute atomic E-state index is 12.4. The zero-order valence-electron chi connectivity index (χ0n) is 13.0. The summed E-state index contributed by atoms with van der Waals surface area (Å²) in [4.78, 5) is 12.4. The lowest BCUT2D eigenvalue weighted by molar-refractivity contribution is -0.122. The van der Waals surface area contributed by atoms with Crippen LogP contribution in [0.2, 0.25) is 5.02 Å². The molecule has 1 amide bonds. The van der Waals surface area contributed by atoms with Gasteiger partial charge in [-0.3, -0.25) is 4.79 Å². The van der Waals surface area contributed by atoms with Gasteiger partial charge in [-0.2, -0.15) is 0 Å². The van der Waals surface area contributed by atoms with Crippen molar-refractivity contribution < 1.29 is 9.53 Å². The predicted octanol–water partition coefficient (Wildman–Crippen LogP) is 4.75. The molecule has 0 aromatic heterocycles. The maximum atomic E-state index is 12.4. The molecular formula is C18H20ClNO2. The van der Waals surface area contributed by atoms with E-state index in [0.717, 1.165) is 16.9 Å². The number of halogens is 1. The molecule has 0 aliphatic carbocycles. The molecule has 0 saturated carbocycles. The van der Waals surface area contributed by atoms with Gasteiger partial charge in [-0.1, -0.05) is 42.8 Å². The summed E-state index contributed by atoms with van der Waals surface area (Å²) in [6.07, 6.45) is 0.0425. The number of aryl methyl sites for hydroxylation is 2. The Labute approximate surface area is 136 Å². The number of carbonyl (C=O) groups is 1. The van der Waals surface area contributed by atoms with Gasteiger partial charge in [0.1, 0.15) is 5.75 Å². The largest absolute Gasteiger partial charge is 0.480 e. The molecule has 116 valence electrons. The van der Waals surface area contributed by atoms with E-state index < -0.39 is 6.10 Å². The lowest BCUT2D eigenvalue weighted by atomic mass is 10.2. The number of benzene rings is 2. The van der Waals surface area contributed by atoms with Crippen LogP contribution in [0.4, 0.5) is 5.69 Å². The van der Waals surface area contributed by atoms with Crippen molar-refractivity contribution in [2.24, 2.45) is 0 Å². The van der Waals surface area contributed by atoms with E-state index in [2.05, 4.69) is 5.32 Å². The average Bonchev–Trinajstić information content (AvgIpc) is 2.50. The van der Waals surface area contributed by atoms with Gasteiger partial charge in [0.15, 0.2) is 6.10 Å². The summed E-state index contributed by atoms with van der Waals surface area (Å²) in [7, 11) is 0. The average molecular weight is 318 g/mol. The third-order valence-corrected chi connectivity index (χ3v) is 3.87. The minimum absolute atomic E-state index is 0.175. The van der Waals surface area contributed by atoms with E-state index in [9.17, 15) is 4.79 Å². The van der Waals surface area contributed by atoms with Gasteiger partial charge in [0.05, 0.1) is 0 Å². The fraction of sp³-hybridized carbons (Fsp3) is 0.278. The van der Waals surface area contributed by atoms with Crippen LogP contribution in [-0.4, -0.2) is 12.0 Å². The van der Waals surface area contributed by atoms with Crippen LogP contribution in [0.15, 0.2) is 42.5 Å². The minimum Gasteiger partial charge on any atom is -0.480 e. The van der Waals surface area contributed by atoms with Crippen molar-refractivity contribution >= 4 is 23.2 Å². The molecule has 2 aromatic rings. The van der Waals surface area contributed by atoms with Crippen LogP contribution in [0.1, 0.15) is 24.5 Å². The molecule has 0 aliphatic rings. The topological polar surface area (TPSA) is 38.3 Å². The maximum Gasteiger partial charge on any atom is 0.265 e. The fourth-order valence-corrected chi connectivity index (χ4v) is 2.24. The predicted molar refractivity (Wildman–Crippen MR) is 90.7 cm³/mol. The van der Waals surface area contributed by atoms with Crippen LogP contribution in [0.25, 0.3) is 0 Å². The molecule has 1 atom stereocenters. The van der Waals surface area contributed by atoms with Gasteiger partial charge in [0.2, 0.25) is 0 Å². The number of hydrogen-bond acceptors (Lipinski definition) is 2. The number of ether oxygens (including phenoxy) is 1. The summed E-state index contributed by atoms with van der Waals surface area (Å²) < 4.78 is 5.84. The zero-order valence-corrected chi connectivity index (χ0v) is 13.8. The second kappa shape index (κ2) is 7.32. The molecular weight excluding hydrogens is 298 g/mol. The Morgan fingerprint density at radius 2 is 1.91 bits per heavy atom. The van der Waals surface area contributed by atoms with Crippen molar-refractivity contribution in [1.29, 1.82) is 0 Å². The second-order valence-corrected chi connectivity index (χ2v) is 5.64. The summed E-state index contributed by atoms with van der Waals surface area (Å²) in [5, 5.41) is 3.48. The van der Waals surface area contributed by atoms with Crippen LogP contribution in [0, 0.1) is 13.8 Å². The first kappa shape index (κ1) is 16.4. The van der Waals surface area contributed by atoms with Gasteiger partial charge < -0.3 is 10.1 Å². The van der Waals surface area contributed by atoms with Crippen LogP contribution in [0.3, 0.4) is 0 Å². The number of amides is 1. The standard InChI is InChI=1S/C18H20ClNO2/c1-4-16(22-17-8-6-5-7-13(17)3)18(21)20-14-10-9-12(2)15(19)11-14/h5-11,16H,4H2,1-3H3,(H,20,21)/t16-/m0/s1. The molecule has 0 saturated heterocycles. The highest BCUT2D eigenvalue weighted by Gasteiger charge is 2.19. The van der Waals surface area contributed by atoms with Gasteiger partial charge in [0, 0.05) is 10.7 Å². The second-order valence-electron chi connectivity index (χ2n) is 5.23. The van der Waals surface area contributed by atoms with Crippen LogP contribution in [0.5, 0.6) is 5.75 Å². The van der Waals surface area contributed by atoms with Gasteiger partial charge in [-0.05, 0) is 49.6 Å². The molecule has 2 aromatic carbocycles. The van der Waals surface area contributed by atoms with E-state index in [1.165, 1.54) is 0 Å². The Balaban J connectivity index is 2.08. The number of carbonyl (C=O) groups excluding carboxylic acids is 1. The summed E-state index contributed by atoms with van der Waals surface area (Å²) >= 11 is 6.08. The van der Waals surface area contributed by atoms with E-state index in [4.69, 9.17) is 16.3 Å². The number of anilines is 1. The smallest absolute Gasteiger partial charge is 0.265 e. The molecule has 2 rings (SSSR count). The molecule has 4 heteroatoms.